The van der Waals surface area contributed by atoms with E-state index in [9.17, 15) is 38.2 Å². The van der Waals surface area contributed by atoms with Gasteiger partial charge in [0, 0.05) is 36.3 Å². The fourth-order valence-corrected chi connectivity index (χ4v) is 7.58. The zero-order valence-electron chi connectivity index (χ0n) is 35.8. The first-order chi connectivity index (χ1) is 31.7. The number of hydrogen-bond acceptors (Lipinski definition) is 10. The van der Waals surface area contributed by atoms with E-state index < -0.39 is 29.5 Å². The molecule has 0 fully saturated rings. The van der Waals surface area contributed by atoms with Gasteiger partial charge in [-0.2, -0.15) is 0 Å². The average Bonchev–Trinajstić information content (AvgIpc) is 3.88. The van der Waals surface area contributed by atoms with E-state index in [1.54, 1.807) is 30.3 Å². The zero-order valence-corrected chi connectivity index (χ0v) is 36.6. The summed E-state index contributed by atoms with van der Waals surface area (Å²) in [5.41, 5.74) is 4.75. The second-order valence-corrected chi connectivity index (χ2v) is 14.8. The topological polar surface area (TPSA) is 203 Å². The molecule has 0 spiro atoms. The van der Waals surface area contributed by atoms with Crippen LogP contribution in [-0.2, 0) is 6.42 Å². The first-order valence-electron chi connectivity index (χ1n) is 20.1. The van der Waals surface area contributed by atoms with Crippen LogP contribution < -0.4 is 20.1 Å². The molecule has 336 valence electrons. The molecule has 4 heterocycles. The number of aromatic nitrogens is 2. The number of rotatable bonds is 12. The van der Waals surface area contributed by atoms with E-state index in [1.165, 1.54) is 95.0 Å². The van der Waals surface area contributed by atoms with Gasteiger partial charge in [0.1, 0.15) is 50.9 Å². The molecule has 0 bridgehead atoms. The summed E-state index contributed by atoms with van der Waals surface area (Å²) >= 11 is 6.39. The molecule has 0 saturated heterocycles. The summed E-state index contributed by atoms with van der Waals surface area (Å²) in [6.45, 7) is 2.01. The molecule has 0 aliphatic rings. The summed E-state index contributed by atoms with van der Waals surface area (Å²) in [6, 6.07) is 24.0. The van der Waals surface area contributed by atoms with Crippen LogP contribution in [0.1, 0.15) is 60.5 Å². The van der Waals surface area contributed by atoms with Gasteiger partial charge in [-0.15, -0.1) is 0 Å². The lowest BCUT2D eigenvalue weighted by molar-refractivity contribution is 0.0682. The third kappa shape index (κ3) is 8.99. The number of fused-ring (bicyclic) bond motifs is 2. The van der Waals surface area contributed by atoms with Crippen LogP contribution in [0.25, 0.3) is 67.1 Å². The Morgan fingerprint density at radius 2 is 1.03 bits per heavy atom. The Hall–Kier alpha value is -8.11. The first-order valence-corrected chi connectivity index (χ1v) is 20.5. The van der Waals surface area contributed by atoms with Crippen LogP contribution >= 0.6 is 11.6 Å². The molecule has 17 heteroatoms. The Bertz CT molecular complexity index is 3190. The number of ether oxygens (including phenoxy) is 2. The summed E-state index contributed by atoms with van der Waals surface area (Å²) in [5.74, 6) is -2.99. The van der Waals surface area contributed by atoms with Crippen molar-refractivity contribution in [3.05, 3.63) is 142 Å². The molecule has 8 aromatic rings. The van der Waals surface area contributed by atoms with Gasteiger partial charge in [-0.3, -0.25) is 9.59 Å². The zero-order chi connectivity index (χ0) is 47.4. The second kappa shape index (κ2) is 19.3. The molecule has 66 heavy (non-hydrogen) atoms. The van der Waals surface area contributed by atoms with Crippen molar-refractivity contribution in [2.45, 2.75) is 19.8 Å². The summed E-state index contributed by atoms with van der Waals surface area (Å²) in [5, 5.41) is 25.2. The molecule has 0 radical (unpaired) electrons. The van der Waals surface area contributed by atoms with Gasteiger partial charge in [0.05, 0.1) is 41.8 Å². The largest absolute Gasteiger partial charge is 0.496 e. The Morgan fingerprint density at radius 1 is 0.621 bits per heavy atom. The first kappa shape index (κ1) is 45.9. The molecule has 0 aliphatic heterocycles. The van der Waals surface area contributed by atoms with Crippen molar-refractivity contribution >= 4 is 57.6 Å². The third-order valence-corrected chi connectivity index (χ3v) is 10.8. The van der Waals surface area contributed by atoms with E-state index in [4.69, 9.17) is 34.9 Å². The number of benzene rings is 4. The van der Waals surface area contributed by atoms with Crippen LogP contribution in [0.15, 0.2) is 106 Å². The molecular weight excluding hydrogens is 878 g/mol. The Morgan fingerprint density at radius 3 is 1.44 bits per heavy atom. The lowest BCUT2D eigenvalue weighted by atomic mass is 9.96. The van der Waals surface area contributed by atoms with Crippen molar-refractivity contribution in [3.8, 4) is 56.4 Å². The number of amides is 2. The number of nitrogens with one attached hydrogen (secondary N) is 2. The van der Waals surface area contributed by atoms with Crippen LogP contribution in [0.3, 0.4) is 0 Å². The van der Waals surface area contributed by atoms with Crippen molar-refractivity contribution in [1.82, 2.24) is 20.6 Å². The van der Waals surface area contributed by atoms with Crippen LogP contribution in [-0.4, -0.2) is 72.2 Å². The summed E-state index contributed by atoms with van der Waals surface area (Å²) in [7, 11) is 5.77. The van der Waals surface area contributed by atoms with Gasteiger partial charge in [0.25, 0.3) is 11.8 Å². The number of halogens is 3. The number of nitrogens with zero attached hydrogens (tertiary/aromatic N) is 2. The predicted molar refractivity (Wildman–Crippen MR) is 242 cm³/mol. The second-order valence-electron chi connectivity index (χ2n) is 14.5. The molecule has 0 saturated carbocycles. The highest BCUT2D eigenvalue weighted by molar-refractivity contribution is 6.33. The molecule has 4 aromatic carbocycles. The number of furan rings is 2. The number of methoxy groups -OCH3 is 2. The molecule has 4 N–H and O–H groups in total. The number of aryl methyl sites for hydroxylation is 1. The highest BCUT2D eigenvalue weighted by Gasteiger charge is 2.27. The van der Waals surface area contributed by atoms with E-state index in [1.807, 2.05) is 6.92 Å². The van der Waals surface area contributed by atoms with E-state index in [-0.39, 0.29) is 67.8 Å². The highest BCUT2D eigenvalue weighted by atomic mass is 35.5. The van der Waals surface area contributed by atoms with Gasteiger partial charge in [-0.25, -0.2) is 28.3 Å². The maximum absolute atomic E-state index is 13.5. The number of carbonyl (C=O) groups excluding carboxylic acids is 2. The predicted octanol–water partition coefficient (Wildman–Crippen LogP) is 10.3. The molecular formula is C49H39ClF2N4O10. The van der Waals surface area contributed by atoms with Gasteiger partial charge in [0.15, 0.2) is 0 Å². The van der Waals surface area contributed by atoms with Crippen LogP contribution in [0, 0.1) is 11.6 Å². The molecule has 0 unspecified atom stereocenters. The number of carboxylic acid groups (broad SMARTS) is 2. The van der Waals surface area contributed by atoms with Crippen LogP contribution in [0.5, 0.6) is 11.5 Å². The average molecular weight is 917 g/mol. The van der Waals surface area contributed by atoms with Crippen molar-refractivity contribution in [2.75, 3.05) is 28.3 Å². The Labute approximate surface area is 379 Å². The smallest absolute Gasteiger partial charge is 0.339 e. The van der Waals surface area contributed by atoms with Gasteiger partial charge >= 0.3 is 11.9 Å². The van der Waals surface area contributed by atoms with E-state index >= 15 is 0 Å². The van der Waals surface area contributed by atoms with E-state index in [2.05, 4.69) is 15.6 Å². The van der Waals surface area contributed by atoms with Crippen molar-refractivity contribution in [2.24, 2.45) is 0 Å². The van der Waals surface area contributed by atoms with E-state index in [0.29, 0.717) is 56.3 Å². The molecule has 2 amide bonds. The van der Waals surface area contributed by atoms with Crippen LogP contribution in [0.4, 0.5) is 8.78 Å². The summed E-state index contributed by atoms with van der Waals surface area (Å²) in [4.78, 5) is 57.9. The van der Waals surface area contributed by atoms with Crippen molar-refractivity contribution in [1.29, 1.82) is 0 Å². The van der Waals surface area contributed by atoms with Gasteiger partial charge in [-0.05, 0) is 102 Å². The lowest BCUT2D eigenvalue weighted by Crippen LogP contribution is -2.18. The minimum Gasteiger partial charge on any atom is -0.496 e. The standard InChI is InChI=1S/C26H23FN2O5.C23H16ClFN2O5/c1-4-5-20-17(15-8-11-21(33-3)18(12-15)26(31)32)13-19-22(24(30)28-2)23(34-25(19)29-20)14-6-9-16(27)10-7-14;1-26-21(28)18-16-10-14(12-5-8-17(31-2)15(9-12)23(29)30)20(24)27-22(16)32-19(18)11-3-6-13(25)7-4-11/h6-13H,4-5H2,1-3H3,(H,28,30)(H,31,32);3-10H,1-2H3,(H,26,28)(H,29,30). The molecule has 4 aromatic heterocycles. The minimum absolute atomic E-state index is 0.0215. The Kier molecular flexibility index (Phi) is 13.4. The molecule has 0 atom stereocenters. The number of hydrogen-bond donors (Lipinski definition) is 4. The Balaban J connectivity index is 0.000000197. The number of aromatic carboxylic acids is 2. The van der Waals surface area contributed by atoms with Crippen molar-refractivity contribution < 1.29 is 56.5 Å². The van der Waals surface area contributed by atoms with Gasteiger partial charge < -0.3 is 39.2 Å². The lowest BCUT2D eigenvalue weighted by Gasteiger charge is -2.12. The van der Waals surface area contributed by atoms with E-state index in [0.717, 1.165) is 6.42 Å². The van der Waals surface area contributed by atoms with Gasteiger partial charge in [0.2, 0.25) is 11.4 Å². The third-order valence-electron chi connectivity index (χ3n) is 10.5. The SMILES string of the molecule is CCCc1nc2oc(-c3ccc(F)cc3)c(C(=O)NC)c2cc1-c1ccc(OC)c(C(=O)O)c1.CNC(=O)c1c(-c2ccc(F)cc2)oc2nc(Cl)c(-c3ccc(OC)c(C(=O)O)c3)cc12. The molecule has 0 aliphatic carbocycles. The maximum Gasteiger partial charge on any atom is 0.339 e. The summed E-state index contributed by atoms with van der Waals surface area (Å²) in [6.07, 6.45) is 1.41. The monoisotopic (exact) mass is 916 g/mol. The minimum atomic E-state index is -1.16. The molecule has 8 rings (SSSR count). The summed E-state index contributed by atoms with van der Waals surface area (Å²) < 4.78 is 49.0. The van der Waals surface area contributed by atoms with Crippen LogP contribution in [0.2, 0.25) is 5.15 Å². The van der Waals surface area contributed by atoms with Crippen molar-refractivity contribution in [3.63, 3.8) is 0 Å². The van der Waals surface area contributed by atoms with Gasteiger partial charge in [-0.1, -0.05) is 37.1 Å². The maximum atomic E-state index is 13.5. The quantitative estimate of drug-likeness (QED) is 0.0846. The fraction of sp³-hybridized carbons (Fsp3) is 0.143. The number of pyridine rings is 2. The fourth-order valence-electron chi connectivity index (χ4n) is 7.34. The molecule has 14 nitrogen and oxygen atoms in total. The number of carboxylic acids is 2. The number of carbonyl (C=O) groups is 4. The normalized spacial score (nSPS) is 10.9. The highest BCUT2D eigenvalue weighted by Crippen LogP contribution is 2.40.